The van der Waals surface area contributed by atoms with Crippen molar-refractivity contribution < 1.29 is 24.2 Å². The summed E-state index contributed by atoms with van der Waals surface area (Å²) in [7, 11) is 3.57. The first-order valence-electron chi connectivity index (χ1n) is 15.0. The van der Waals surface area contributed by atoms with Crippen LogP contribution in [-0.2, 0) is 20.8 Å². The standard InChI is InChI=1S/C34H44N4O5/c1-5-6-7-8-9-18-43-31-16-14-26(15-17-31)29-21-35-32(36-22-29)27-12-10-25(11-13-27)19-28(20-30(39)23-38(3)4)33(40)37-24(2)34(41)42/h10-17,21-22,24,28H,5-9,18-20,23H2,1-4H3,(H,37,40)(H,41,42)/t24-,28-/m1/s1. The number of aliphatic carboxylic acids is 1. The number of Topliss-reactive ketones (excluding diaryl/α,β-unsaturated/α-hetero) is 1. The van der Waals surface area contributed by atoms with Gasteiger partial charge in [0.15, 0.2) is 5.82 Å². The van der Waals surface area contributed by atoms with Crippen LogP contribution >= 0.6 is 0 Å². The van der Waals surface area contributed by atoms with Crippen LogP contribution in [0.15, 0.2) is 60.9 Å². The number of ketones is 1. The van der Waals surface area contributed by atoms with E-state index in [1.165, 1.54) is 32.6 Å². The largest absolute Gasteiger partial charge is 0.494 e. The zero-order valence-electron chi connectivity index (χ0n) is 25.7. The number of unbranched alkanes of at least 4 members (excludes halogenated alkanes) is 4. The zero-order chi connectivity index (χ0) is 31.2. The van der Waals surface area contributed by atoms with Gasteiger partial charge in [-0.25, -0.2) is 9.97 Å². The highest BCUT2D eigenvalue weighted by Gasteiger charge is 2.25. The maximum atomic E-state index is 12.9. The number of ether oxygens (including phenoxy) is 1. The lowest BCUT2D eigenvalue weighted by Crippen LogP contribution is -2.43. The van der Waals surface area contributed by atoms with Crippen molar-refractivity contribution in [3.05, 3.63) is 66.5 Å². The molecule has 43 heavy (non-hydrogen) atoms. The number of benzene rings is 2. The molecule has 3 rings (SSSR count). The zero-order valence-corrected chi connectivity index (χ0v) is 25.7. The highest BCUT2D eigenvalue weighted by molar-refractivity contribution is 5.90. The van der Waals surface area contributed by atoms with E-state index in [1.807, 2.05) is 48.5 Å². The molecule has 0 bridgehead atoms. The number of amides is 1. The Hall–Kier alpha value is -4.11. The highest BCUT2D eigenvalue weighted by Crippen LogP contribution is 2.24. The average Bonchev–Trinajstić information content (AvgIpc) is 2.99. The molecule has 0 aliphatic heterocycles. The molecule has 230 valence electrons. The van der Waals surface area contributed by atoms with E-state index in [0.717, 1.165) is 41.0 Å². The summed E-state index contributed by atoms with van der Waals surface area (Å²) < 4.78 is 5.87. The van der Waals surface area contributed by atoms with Crippen LogP contribution in [-0.4, -0.2) is 70.9 Å². The van der Waals surface area contributed by atoms with Gasteiger partial charge >= 0.3 is 5.97 Å². The van der Waals surface area contributed by atoms with Gasteiger partial charge in [0, 0.05) is 35.9 Å². The number of rotatable bonds is 18. The summed E-state index contributed by atoms with van der Waals surface area (Å²) in [4.78, 5) is 47.4. The summed E-state index contributed by atoms with van der Waals surface area (Å²) >= 11 is 0. The van der Waals surface area contributed by atoms with Gasteiger partial charge in [-0.1, -0.05) is 69.0 Å². The van der Waals surface area contributed by atoms with Crippen molar-refractivity contribution in [1.29, 1.82) is 0 Å². The van der Waals surface area contributed by atoms with E-state index in [-0.39, 0.29) is 18.7 Å². The van der Waals surface area contributed by atoms with Crippen molar-refractivity contribution >= 4 is 17.7 Å². The second kappa shape index (κ2) is 17.1. The van der Waals surface area contributed by atoms with E-state index in [4.69, 9.17) is 4.74 Å². The first-order valence-corrected chi connectivity index (χ1v) is 15.0. The van der Waals surface area contributed by atoms with Crippen molar-refractivity contribution in [1.82, 2.24) is 20.2 Å². The number of carbonyl (C=O) groups excluding carboxylic acids is 2. The summed E-state index contributed by atoms with van der Waals surface area (Å²) in [5.41, 5.74) is 3.58. The van der Waals surface area contributed by atoms with Gasteiger partial charge in [0.25, 0.3) is 0 Å². The van der Waals surface area contributed by atoms with Crippen LogP contribution in [0.4, 0.5) is 0 Å². The molecule has 0 saturated carbocycles. The van der Waals surface area contributed by atoms with Crippen molar-refractivity contribution in [2.45, 2.75) is 64.8 Å². The minimum absolute atomic E-state index is 0.0226. The Balaban J connectivity index is 1.61. The maximum absolute atomic E-state index is 12.9. The molecule has 3 aromatic rings. The van der Waals surface area contributed by atoms with Gasteiger partial charge < -0.3 is 20.1 Å². The number of nitrogens with one attached hydrogen (secondary N) is 1. The Morgan fingerprint density at radius 2 is 1.51 bits per heavy atom. The average molecular weight is 589 g/mol. The summed E-state index contributed by atoms with van der Waals surface area (Å²) in [5.74, 6) is -0.917. The van der Waals surface area contributed by atoms with Gasteiger partial charge in [0.1, 0.15) is 17.6 Å². The lowest BCUT2D eigenvalue weighted by molar-refractivity contribution is -0.142. The molecule has 0 unspecified atom stereocenters. The predicted molar refractivity (Wildman–Crippen MR) is 168 cm³/mol. The van der Waals surface area contributed by atoms with E-state index in [0.29, 0.717) is 12.2 Å². The molecular weight excluding hydrogens is 544 g/mol. The SMILES string of the molecule is CCCCCCCOc1ccc(-c2cnc(-c3ccc(C[C@H](CC(=O)CN(C)C)C(=O)N[C@H](C)C(=O)O)cc3)nc2)cc1. The smallest absolute Gasteiger partial charge is 0.325 e. The first-order chi connectivity index (χ1) is 20.7. The molecule has 0 fully saturated rings. The fourth-order valence-electron chi connectivity index (χ4n) is 4.68. The van der Waals surface area contributed by atoms with Gasteiger partial charge in [-0.05, 0) is 57.1 Å². The van der Waals surface area contributed by atoms with Crippen LogP contribution in [0, 0.1) is 5.92 Å². The van der Waals surface area contributed by atoms with Crippen molar-refractivity contribution in [2.24, 2.45) is 5.92 Å². The fraction of sp³-hybridized carbons (Fsp3) is 0.441. The number of hydrogen-bond donors (Lipinski definition) is 2. The van der Waals surface area contributed by atoms with E-state index in [1.54, 1.807) is 31.4 Å². The molecular formula is C34H44N4O5. The molecule has 0 spiro atoms. The summed E-state index contributed by atoms with van der Waals surface area (Å²) in [6, 6.07) is 14.4. The van der Waals surface area contributed by atoms with Crippen LogP contribution in [0.3, 0.4) is 0 Å². The third-order valence-corrected chi connectivity index (χ3v) is 7.12. The number of carboxylic acids is 1. The highest BCUT2D eigenvalue weighted by atomic mass is 16.5. The minimum Gasteiger partial charge on any atom is -0.494 e. The van der Waals surface area contributed by atoms with Crippen molar-refractivity contribution in [3.8, 4) is 28.3 Å². The van der Waals surface area contributed by atoms with E-state index in [9.17, 15) is 19.5 Å². The van der Waals surface area contributed by atoms with Gasteiger partial charge in [-0.2, -0.15) is 0 Å². The minimum atomic E-state index is -1.13. The molecule has 0 radical (unpaired) electrons. The van der Waals surface area contributed by atoms with E-state index >= 15 is 0 Å². The summed E-state index contributed by atoms with van der Waals surface area (Å²) in [5, 5.41) is 11.7. The van der Waals surface area contributed by atoms with Crippen molar-refractivity contribution in [3.63, 3.8) is 0 Å². The molecule has 0 aliphatic rings. The number of nitrogens with zero attached hydrogens (tertiary/aromatic N) is 3. The van der Waals surface area contributed by atoms with Gasteiger partial charge in [-0.3, -0.25) is 14.4 Å². The van der Waals surface area contributed by atoms with Crippen LogP contribution in [0.2, 0.25) is 0 Å². The van der Waals surface area contributed by atoms with E-state index in [2.05, 4.69) is 22.2 Å². The van der Waals surface area contributed by atoms with Crippen molar-refractivity contribution in [2.75, 3.05) is 27.2 Å². The molecule has 9 nitrogen and oxygen atoms in total. The number of likely N-dealkylation sites (N-methyl/N-ethyl adjacent to an activating group) is 1. The molecule has 0 saturated heterocycles. The summed E-state index contributed by atoms with van der Waals surface area (Å²) in [6.45, 7) is 4.55. The molecule has 2 N–H and O–H groups in total. The first kappa shape index (κ1) is 33.4. The second-order valence-corrected chi connectivity index (χ2v) is 11.2. The van der Waals surface area contributed by atoms with Crippen LogP contribution in [0.5, 0.6) is 5.75 Å². The monoisotopic (exact) mass is 588 g/mol. The third-order valence-electron chi connectivity index (χ3n) is 7.12. The van der Waals surface area contributed by atoms with Crippen LogP contribution < -0.4 is 10.1 Å². The molecule has 1 amide bonds. The lowest BCUT2D eigenvalue weighted by atomic mass is 9.92. The van der Waals surface area contributed by atoms with Crippen LogP contribution in [0.1, 0.15) is 57.9 Å². The Morgan fingerprint density at radius 3 is 2.12 bits per heavy atom. The number of carbonyl (C=O) groups is 3. The van der Waals surface area contributed by atoms with Gasteiger partial charge in [0.05, 0.1) is 13.2 Å². The number of hydrogen-bond acceptors (Lipinski definition) is 7. The van der Waals surface area contributed by atoms with Crippen LogP contribution in [0.25, 0.3) is 22.5 Å². The quantitative estimate of drug-likeness (QED) is 0.189. The summed E-state index contributed by atoms with van der Waals surface area (Å²) in [6.07, 6.45) is 9.94. The number of aromatic nitrogens is 2. The fourth-order valence-corrected chi connectivity index (χ4v) is 4.68. The molecule has 9 heteroatoms. The third kappa shape index (κ3) is 11.2. The normalized spacial score (nSPS) is 12.5. The Bertz CT molecular complexity index is 1310. The van der Waals surface area contributed by atoms with Gasteiger partial charge in [-0.15, -0.1) is 0 Å². The second-order valence-electron chi connectivity index (χ2n) is 11.2. The van der Waals surface area contributed by atoms with Gasteiger partial charge in [0.2, 0.25) is 5.91 Å². The number of carboxylic acid groups (broad SMARTS) is 1. The molecule has 2 aromatic carbocycles. The lowest BCUT2D eigenvalue weighted by Gasteiger charge is -2.19. The molecule has 0 aliphatic carbocycles. The molecule has 1 heterocycles. The topological polar surface area (TPSA) is 122 Å². The Morgan fingerprint density at radius 1 is 0.884 bits per heavy atom. The Kier molecular flexibility index (Phi) is 13.3. The Labute approximate surface area is 254 Å². The molecule has 1 aromatic heterocycles. The predicted octanol–water partition coefficient (Wildman–Crippen LogP) is 5.43. The van der Waals surface area contributed by atoms with E-state index < -0.39 is 23.8 Å². The molecule has 2 atom stereocenters. The maximum Gasteiger partial charge on any atom is 0.325 e.